The van der Waals surface area contributed by atoms with Gasteiger partial charge in [0.05, 0.1) is 13.2 Å². The van der Waals surface area contributed by atoms with Gasteiger partial charge in [-0.2, -0.15) is 0 Å². The normalized spacial score (nSPS) is 27.8. The SMILES string of the molecule is CCOc1ccc(Cc2cc([C@@H]3O[C@H](CO)[C@@H](O)[C@H](O)[C@H]3O)c3c(c2C)CCCC3)cc1. The molecule has 0 saturated carbocycles. The van der Waals surface area contributed by atoms with Gasteiger partial charge >= 0.3 is 0 Å². The number of hydrogen-bond donors (Lipinski definition) is 4. The Morgan fingerprint density at radius 2 is 1.66 bits per heavy atom. The van der Waals surface area contributed by atoms with Gasteiger partial charge in [-0.05, 0) is 91.5 Å². The predicted octanol–water partition coefficient (Wildman–Crippen LogP) is 2.38. The largest absolute Gasteiger partial charge is 0.494 e. The molecule has 6 nitrogen and oxygen atoms in total. The lowest BCUT2D eigenvalue weighted by Crippen LogP contribution is -2.55. The van der Waals surface area contributed by atoms with Crippen LogP contribution in [0.2, 0.25) is 0 Å². The van der Waals surface area contributed by atoms with Crippen LogP contribution in [0.4, 0.5) is 0 Å². The van der Waals surface area contributed by atoms with Crippen molar-refractivity contribution < 1.29 is 29.9 Å². The minimum absolute atomic E-state index is 0.422. The summed E-state index contributed by atoms with van der Waals surface area (Å²) >= 11 is 0. The molecule has 5 atom stereocenters. The Morgan fingerprint density at radius 1 is 0.969 bits per heavy atom. The smallest absolute Gasteiger partial charge is 0.119 e. The van der Waals surface area contributed by atoms with Crippen molar-refractivity contribution >= 4 is 0 Å². The second-order valence-corrected chi connectivity index (χ2v) is 8.92. The zero-order valence-electron chi connectivity index (χ0n) is 18.8. The number of aliphatic hydroxyl groups excluding tert-OH is 4. The fourth-order valence-corrected chi connectivity index (χ4v) is 5.10. The monoisotopic (exact) mass is 442 g/mol. The van der Waals surface area contributed by atoms with Gasteiger partial charge in [-0.15, -0.1) is 0 Å². The molecule has 0 spiro atoms. The average Bonchev–Trinajstić information content (AvgIpc) is 2.81. The molecule has 4 N–H and O–H groups in total. The van der Waals surface area contributed by atoms with E-state index in [1.807, 2.05) is 19.1 Å². The summed E-state index contributed by atoms with van der Waals surface area (Å²) in [5.74, 6) is 0.848. The highest BCUT2D eigenvalue weighted by Gasteiger charge is 2.45. The van der Waals surface area contributed by atoms with Crippen molar-refractivity contribution in [2.24, 2.45) is 0 Å². The summed E-state index contributed by atoms with van der Waals surface area (Å²) in [6.07, 6.45) is -0.909. The fourth-order valence-electron chi connectivity index (χ4n) is 5.10. The van der Waals surface area contributed by atoms with Crippen LogP contribution in [0.1, 0.15) is 59.3 Å². The molecule has 0 radical (unpaired) electrons. The summed E-state index contributed by atoms with van der Waals surface area (Å²) in [4.78, 5) is 0. The Hall–Kier alpha value is -1.96. The maximum absolute atomic E-state index is 10.8. The topological polar surface area (TPSA) is 99.4 Å². The third-order valence-electron chi connectivity index (χ3n) is 6.91. The molecular weight excluding hydrogens is 408 g/mol. The van der Waals surface area contributed by atoms with Gasteiger partial charge in [-0.3, -0.25) is 0 Å². The van der Waals surface area contributed by atoms with Crippen LogP contribution in [0.3, 0.4) is 0 Å². The lowest BCUT2D eigenvalue weighted by molar-refractivity contribution is -0.231. The van der Waals surface area contributed by atoms with Gasteiger partial charge in [0, 0.05) is 0 Å². The fraction of sp³-hybridized carbons (Fsp3) is 0.538. The van der Waals surface area contributed by atoms with Crippen LogP contribution in [-0.4, -0.2) is 58.1 Å². The zero-order valence-corrected chi connectivity index (χ0v) is 18.8. The van der Waals surface area contributed by atoms with E-state index in [2.05, 4.69) is 25.1 Å². The first-order chi connectivity index (χ1) is 15.4. The van der Waals surface area contributed by atoms with Crippen molar-refractivity contribution in [3.05, 3.63) is 63.7 Å². The van der Waals surface area contributed by atoms with E-state index in [-0.39, 0.29) is 0 Å². The highest BCUT2D eigenvalue weighted by Crippen LogP contribution is 2.39. The third-order valence-corrected chi connectivity index (χ3v) is 6.91. The predicted molar refractivity (Wildman–Crippen MR) is 121 cm³/mol. The van der Waals surface area contributed by atoms with E-state index in [1.54, 1.807) is 0 Å². The molecule has 1 fully saturated rings. The Bertz CT molecular complexity index is 923. The summed E-state index contributed by atoms with van der Waals surface area (Å²) < 4.78 is 11.5. The van der Waals surface area contributed by atoms with Gasteiger partial charge in [-0.25, -0.2) is 0 Å². The molecule has 0 amide bonds. The van der Waals surface area contributed by atoms with Crippen molar-refractivity contribution in [1.82, 2.24) is 0 Å². The summed E-state index contributed by atoms with van der Waals surface area (Å²) in [5, 5.41) is 41.0. The maximum atomic E-state index is 10.8. The van der Waals surface area contributed by atoms with Gasteiger partial charge in [0.2, 0.25) is 0 Å². The molecule has 1 saturated heterocycles. The summed E-state index contributed by atoms with van der Waals surface area (Å²) in [6, 6.07) is 10.2. The molecule has 2 aromatic carbocycles. The Balaban J connectivity index is 1.72. The molecule has 0 aromatic heterocycles. The third kappa shape index (κ3) is 4.43. The van der Waals surface area contributed by atoms with E-state index in [1.165, 1.54) is 16.7 Å². The van der Waals surface area contributed by atoms with E-state index in [4.69, 9.17) is 9.47 Å². The Kier molecular flexibility index (Phi) is 7.17. The van der Waals surface area contributed by atoms with Crippen LogP contribution in [0.5, 0.6) is 5.75 Å². The first kappa shape index (κ1) is 23.2. The van der Waals surface area contributed by atoms with E-state index < -0.39 is 37.1 Å². The van der Waals surface area contributed by atoms with E-state index in [0.717, 1.165) is 54.5 Å². The first-order valence-corrected chi connectivity index (χ1v) is 11.6. The van der Waals surface area contributed by atoms with Crippen LogP contribution in [0, 0.1) is 6.92 Å². The van der Waals surface area contributed by atoms with Gasteiger partial charge < -0.3 is 29.9 Å². The van der Waals surface area contributed by atoms with E-state index in [9.17, 15) is 20.4 Å². The van der Waals surface area contributed by atoms with Gasteiger partial charge in [0.1, 0.15) is 36.3 Å². The number of aliphatic hydroxyl groups is 4. The van der Waals surface area contributed by atoms with Crippen LogP contribution >= 0.6 is 0 Å². The van der Waals surface area contributed by atoms with Crippen molar-refractivity contribution in [3.8, 4) is 5.75 Å². The van der Waals surface area contributed by atoms with Crippen molar-refractivity contribution in [2.75, 3.05) is 13.2 Å². The standard InChI is InChI=1S/C26H34O6/c1-3-31-18-10-8-16(9-11-18)12-17-13-21(20-7-5-4-6-19(20)15(17)2)26-25(30)24(29)23(28)22(14-27)32-26/h8-11,13,22-30H,3-7,12,14H2,1-2H3/t22-,23-,24+,25-,26+/m1/s1. The van der Waals surface area contributed by atoms with Crippen LogP contribution in [-0.2, 0) is 24.0 Å². The molecule has 32 heavy (non-hydrogen) atoms. The van der Waals surface area contributed by atoms with Crippen molar-refractivity contribution in [1.29, 1.82) is 0 Å². The second-order valence-electron chi connectivity index (χ2n) is 8.92. The second kappa shape index (κ2) is 9.89. The molecule has 1 aliphatic heterocycles. The molecule has 0 bridgehead atoms. The number of fused-ring (bicyclic) bond motifs is 1. The molecule has 6 heteroatoms. The zero-order chi connectivity index (χ0) is 22.8. The summed E-state index contributed by atoms with van der Waals surface area (Å²) in [5.41, 5.74) is 6.92. The summed E-state index contributed by atoms with van der Waals surface area (Å²) in [6.45, 7) is 4.33. The average molecular weight is 443 g/mol. The number of hydrogen-bond acceptors (Lipinski definition) is 6. The highest BCUT2D eigenvalue weighted by atomic mass is 16.5. The molecule has 1 aliphatic carbocycles. The molecule has 1 heterocycles. The molecule has 0 unspecified atom stereocenters. The summed E-state index contributed by atoms with van der Waals surface area (Å²) in [7, 11) is 0. The van der Waals surface area contributed by atoms with Gasteiger partial charge in [-0.1, -0.05) is 18.2 Å². The van der Waals surface area contributed by atoms with E-state index >= 15 is 0 Å². The number of benzene rings is 2. The Morgan fingerprint density at radius 3 is 2.31 bits per heavy atom. The van der Waals surface area contributed by atoms with Crippen LogP contribution < -0.4 is 4.74 Å². The van der Waals surface area contributed by atoms with Crippen molar-refractivity contribution in [3.63, 3.8) is 0 Å². The molecule has 4 rings (SSSR count). The molecule has 2 aromatic rings. The molecule has 174 valence electrons. The minimum atomic E-state index is -1.37. The van der Waals surface area contributed by atoms with Crippen LogP contribution in [0.25, 0.3) is 0 Å². The van der Waals surface area contributed by atoms with Crippen molar-refractivity contribution in [2.45, 2.75) is 76.5 Å². The quantitative estimate of drug-likeness (QED) is 0.548. The molecular formula is C26H34O6. The van der Waals surface area contributed by atoms with Gasteiger partial charge in [0.15, 0.2) is 0 Å². The molecule has 2 aliphatic rings. The van der Waals surface area contributed by atoms with E-state index in [0.29, 0.717) is 6.61 Å². The first-order valence-electron chi connectivity index (χ1n) is 11.6. The lowest BCUT2D eigenvalue weighted by Gasteiger charge is -2.41. The maximum Gasteiger partial charge on any atom is 0.119 e. The highest BCUT2D eigenvalue weighted by molar-refractivity contribution is 5.50. The minimum Gasteiger partial charge on any atom is -0.494 e. The Labute approximate surface area is 189 Å². The van der Waals surface area contributed by atoms with Gasteiger partial charge in [0.25, 0.3) is 0 Å². The number of rotatable bonds is 6. The lowest BCUT2D eigenvalue weighted by atomic mass is 9.78. The number of ether oxygens (including phenoxy) is 2. The van der Waals surface area contributed by atoms with Crippen LogP contribution in [0.15, 0.2) is 30.3 Å².